The Morgan fingerprint density at radius 1 is 1.25 bits per heavy atom. The first kappa shape index (κ1) is 21.7. The number of para-hydroxylation sites is 1. The lowest BCUT2D eigenvalue weighted by molar-refractivity contribution is -0.134. The van der Waals surface area contributed by atoms with Gasteiger partial charge in [0.15, 0.2) is 5.82 Å². The SMILES string of the molecule is CN(C(=O)Cn1nc(C2CN(C(=O)c3cc(N)ncc3F)C2)c2ccccc21)C(C)(C)C. The van der Waals surface area contributed by atoms with Crippen molar-refractivity contribution in [2.24, 2.45) is 0 Å². The number of anilines is 1. The van der Waals surface area contributed by atoms with Gasteiger partial charge in [-0.15, -0.1) is 0 Å². The van der Waals surface area contributed by atoms with E-state index in [1.807, 2.05) is 45.0 Å². The zero-order valence-corrected chi connectivity index (χ0v) is 18.7. The van der Waals surface area contributed by atoms with Gasteiger partial charge in [-0.25, -0.2) is 9.37 Å². The average molecular weight is 439 g/mol. The fourth-order valence-corrected chi connectivity index (χ4v) is 3.79. The number of benzene rings is 1. The fourth-order valence-electron chi connectivity index (χ4n) is 3.79. The molecule has 1 saturated heterocycles. The topological polar surface area (TPSA) is 97.4 Å². The van der Waals surface area contributed by atoms with E-state index >= 15 is 0 Å². The first-order valence-electron chi connectivity index (χ1n) is 10.5. The van der Waals surface area contributed by atoms with Crippen LogP contribution in [0.1, 0.15) is 42.7 Å². The molecular weight excluding hydrogens is 411 g/mol. The van der Waals surface area contributed by atoms with Crippen molar-refractivity contribution in [1.29, 1.82) is 0 Å². The zero-order chi connectivity index (χ0) is 23.2. The van der Waals surface area contributed by atoms with Crippen molar-refractivity contribution >= 4 is 28.5 Å². The number of carbonyl (C=O) groups is 2. The molecule has 4 rings (SSSR count). The lowest BCUT2D eigenvalue weighted by atomic mass is 9.93. The molecule has 1 fully saturated rings. The third kappa shape index (κ3) is 3.90. The van der Waals surface area contributed by atoms with Crippen LogP contribution in [0.15, 0.2) is 36.5 Å². The largest absolute Gasteiger partial charge is 0.384 e. The molecule has 0 spiro atoms. The van der Waals surface area contributed by atoms with Crippen LogP contribution in [-0.4, -0.2) is 62.1 Å². The van der Waals surface area contributed by atoms with Gasteiger partial charge < -0.3 is 15.5 Å². The number of fused-ring (bicyclic) bond motifs is 1. The number of rotatable bonds is 4. The Balaban J connectivity index is 1.54. The van der Waals surface area contributed by atoms with Gasteiger partial charge in [0.25, 0.3) is 5.91 Å². The summed E-state index contributed by atoms with van der Waals surface area (Å²) in [5, 5.41) is 5.69. The molecule has 8 nitrogen and oxygen atoms in total. The van der Waals surface area contributed by atoms with Gasteiger partial charge >= 0.3 is 0 Å². The Labute approximate surface area is 185 Å². The van der Waals surface area contributed by atoms with E-state index < -0.39 is 11.7 Å². The highest BCUT2D eigenvalue weighted by atomic mass is 19.1. The van der Waals surface area contributed by atoms with Crippen molar-refractivity contribution in [3.05, 3.63) is 53.6 Å². The number of halogens is 1. The minimum Gasteiger partial charge on any atom is -0.384 e. The third-order valence-corrected chi connectivity index (χ3v) is 6.01. The summed E-state index contributed by atoms with van der Waals surface area (Å²) in [5.41, 5.74) is 6.94. The number of hydrogen-bond donors (Lipinski definition) is 1. The Morgan fingerprint density at radius 3 is 2.62 bits per heavy atom. The van der Waals surface area contributed by atoms with Gasteiger partial charge in [0.05, 0.1) is 23.0 Å². The van der Waals surface area contributed by atoms with E-state index in [4.69, 9.17) is 10.8 Å². The van der Waals surface area contributed by atoms with E-state index in [0.29, 0.717) is 13.1 Å². The second kappa shape index (κ2) is 7.89. The van der Waals surface area contributed by atoms with E-state index in [-0.39, 0.29) is 35.3 Å². The number of amides is 2. The van der Waals surface area contributed by atoms with E-state index in [9.17, 15) is 14.0 Å². The molecule has 9 heteroatoms. The number of nitrogen functional groups attached to an aromatic ring is 1. The second-order valence-corrected chi connectivity index (χ2v) is 9.18. The van der Waals surface area contributed by atoms with Crippen LogP contribution >= 0.6 is 0 Å². The van der Waals surface area contributed by atoms with Crippen molar-refractivity contribution in [3.8, 4) is 0 Å². The molecule has 2 N–H and O–H groups in total. The minimum absolute atomic E-state index is 0.00259. The summed E-state index contributed by atoms with van der Waals surface area (Å²) in [5.74, 6) is -1.04. The zero-order valence-electron chi connectivity index (χ0n) is 18.7. The number of hydrogen-bond acceptors (Lipinski definition) is 5. The quantitative estimate of drug-likeness (QED) is 0.675. The van der Waals surface area contributed by atoms with E-state index in [1.54, 1.807) is 21.5 Å². The maximum absolute atomic E-state index is 14.0. The van der Waals surface area contributed by atoms with E-state index in [0.717, 1.165) is 22.8 Å². The van der Waals surface area contributed by atoms with Crippen LogP contribution in [-0.2, 0) is 11.3 Å². The fraction of sp³-hybridized carbons (Fsp3) is 0.391. The van der Waals surface area contributed by atoms with Crippen LogP contribution < -0.4 is 5.73 Å². The molecule has 2 amide bonds. The monoisotopic (exact) mass is 438 g/mol. The molecule has 3 aromatic rings. The maximum Gasteiger partial charge on any atom is 0.257 e. The summed E-state index contributed by atoms with van der Waals surface area (Å²) in [7, 11) is 1.79. The van der Waals surface area contributed by atoms with Crippen molar-refractivity contribution < 1.29 is 14.0 Å². The molecule has 1 aliphatic heterocycles. The molecule has 3 heterocycles. The van der Waals surface area contributed by atoms with Gasteiger partial charge in [-0.05, 0) is 32.9 Å². The number of nitrogens with two attached hydrogens (primary N) is 1. The number of pyridine rings is 1. The normalized spacial score (nSPS) is 14.5. The third-order valence-electron chi connectivity index (χ3n) is 6.01. The highest BCUT2D eigenvalue weighted by Crippen LogP contribution is 2.33. The van der Waals surface area contributed by atoms with Crippen LogP contribution in [0.4, 0.5) is 10.2 Å². The molecule has 1 aromatic carbocycles. The molecule has 2 aromatic heterocycles. The van der Waals surface area contributed by atoms with Gasteiger partial charge in [0.1, 0.15) is 12.4 Å². The molecule has 32 heavy (non-hydrogen) atoms. The molecule has 0 saturated carbocycles. The van der Waals surface area contributed by atoms with E-state index in [2.05, 4.69) is 4.98 Å². The standard InChI is InChI=1S/C23H27FN6O2/c1-23(2,3)28(4)20(31)13-30-18-8-6-5-7-15(18)21(27-30)14-11-29(12-14)22(32)16-9-19(25)26-10-17(16)24/h5-10,14H,11-13H2,1-4H3,(H2,25,26). The summed E-state index contributed by atoms with van der Waals surface area (Å²) < 4.78 is 15.8. The number of carbonyl (C=O) groups excluding carboxylic acids is 2. The summed E-state index contributed by atoms with van der Waals surface area (Å²) in [6.45, 7) is 6.91. The Hall–Kier alpha value is -3.49. The van der Waals surface area contributed by atoms with E-state index in [1.165, 1.54) is 6.07 Å². The van der Waals surface area contributed by atoms with Crippen LogP contribution in [0.3, 0.4) is 0 Å². The number of aromatic nitrogens is 3. The van der Waals surface area contributed by atoms with Crippen molar-refractivity contribution in [2.45, 2.75) is 38.8 Å². The molecule has 0 atom stereocenters. The second-order valence-electron chi connectivity index (χ2n) is 9.18. The predicted molar refractivity (Wildman–Crippen MR) is 120 cm³/mol. The van der Waals surface area contributed by atoms with Crippen molar-refractivity contribution in [3.63, 3.8) is 0 Å². The summed E-state index contributed by atoms with van der Waals surface area (Å²) in [4.78, 5) is 32.4. The molecule has 0 unspecified atom stereocenters. The highest BCUT2D eigenvalue weighted by molar-refractivity contribution is 5.96. The summed E-state index contributed by atoms with van der Waals surface area (Å²) in [6.07, 6.45) is 0.959. The predicted octanol–water partition coefficient (Wildman–Crippen LogP) is 2.65. The first-order chi connectivity index (χ1) is 15.1. The van der Waals surface area contributed by atoms with Crippen LogP contribution in [0, 0.1) is 5.82 Å². The van der Waals surface area contributed by atoms with Crippen LogP contribution in [0.25, 0.3) is 10.9 Å². The Kier molecular flexibility index (Phi) is 5.36. The average Bonchev–Trinajstić information content (AvgIpc) is 3.05. The van der Waals surface area contributed by atoms with Gasteiger partial charge in [0.2, 0.25) is 5.91 Å². The summed E-state index contributed by atoms with van der Waals surface area (Å²) >= 11 is 0. The lowest BCUT2D eigenvalue weighted by Gasteiger charge is -2.38. The van der Waals surface area contributed by atoms with Gasteiger partial charge in [-0.1, -0.05) is 18.2 Å². The Bertz CT molecular complexity index is 1190. The number of likely N-dealkylation sites (N-methyl/N-ethyl adjacent to an activating group) is 1. The lowest BCUT2D eigenvalue weighted by Crippen LogP contribution is -2.49. The highest BCUT2D eigenvalue weighted by Gasteiger charge is 2.36. The molecule has 168 valence electrons. The van der Waals surface area contributed by atoms with Gasteiger partial charge in [-0.3, -0.25) is 14.3 Å². The molecular formula is C23H27FN6O2. The number of likely N-dealkylation sites (tertiary alicyclic amines) is 1. The molecule has 1 aliphatic rings. The van der Waals surface area contributed by atoms with Gasteiger partial charge in [-0.2, -0.15) is 5.10 Å². The van der Waals surface area contributed by atoms with Crippen molar-refractivity contribution in [1.82, 2.24) is 24.6 Å². The molecule has 0 radical (unpaired) electrons. The Morgan fingerprint density at radius 2 is 1.94 bits per heavy atom. The minimum atomic E-state index is -0.691. The van der Waals surface area contributed by atoms with Crippen molar-refractivity contribution in [2.75, 3.05) is 25.9 Å². The first-order valence-corrected chi connectivity index (χ1v) is 10.5. The van der Waals surface area contributed by atoms with Crippen LogP contribution in [0.2, 0.25) is 0 Å². The summed E-state index contributed by atoms with van der Waals surface area (Å²) in [6, 6.07) is 9.01. The molecule has 0 bridgehead atoms. The smallest absolute Gasteiger partial charge is 0.257 e. The maximum atomic E-state index is 14.0. The molecule has 0 aliphatic carbocycles. The number of nitrogens with zero attached hydrogens (tertiary/aromatic N) is 5. The van der Waals surface area contributed by atoms with Gasteiger partial charge in [0, 0.05) is 37.0 Å². The van der Waals surface area contributed by atoms with Crippen LogP contribution in [0.5, 0.6) is 0 Å².